The van der Waals surface area contributed by atoms with Crippen LogP contribution < -0.4 is 15.4 Å². The number of benzene rings is 1. The average molecular weight is 536 g/mol. The molecule has 5 heterocycles. The molecule has 204 valence electrons. The number of hydrogen-bond donors (Lipinski definition) is 2. The summed E-state index contributed by atoms with van der Waals surface area (Å²) in [6, 6.07) is 8.41. The molecule has 6 rings (SSSR count). The summed E-state index contributed by atoms with van der Waals surface area (Å²) in [5, 5.41) is 14.2. The van der Waals surface area contributed by atoms with E-state index in [0.717, 1.165) is 19.6 Å². The van der Waals surface area contributed by atoms with Crippen LogP contribution in [-0.4, -0.2) is 84.1 Å². The third-order valence-corrected chi connectivity index (χ3v) is 6.69. The van der Waals surface area contributed by atoms with Gasteiger partial charge in [0.05, 0.1) is 23.9 Å². The molecule has 39 heavy (non-hydrogen) atoms. The zero-order valence-electron chi connectivity index (χ0n) is 21.8. The number of fused-ring (bicyclic) bond motifs is 3. The van der Waals surface area contributed by atoms with Gasteiger partial charge in [0.1, 0.15) is 18.2 Å². The van der Waals surface area contributed by atoms with E-state index < -0.39 is 5.60 Å². The van der Waals surface area contributed by atoms with Crippen molar-refractivity contribution in [1.82, 2.24) is 34.0 Å². The van der Waals surface area contributed by atoms with E-state index in [1.165, 1.54) is 10.6 Å². The number of imidazole rings is 1. The SMILES string of the molecule is CC(C)(O)COc1ccc(N2CCN(CCn3cnc4c3nc(N)n3nc(-c5ccco5)nc43)CC2)c(F)c1. The van der Waals surface area contributed by atoms with Crippen LogP contribution in [0.15, 0.2) is 47.3 Å². The van der Waals surface area contributed by atoms with Crippen molar-refractivity contribution in [2.75, 3.05) is 50.0 Å². The van der Waals surface area contributed by atoms with E-state index >= 15 is 0 Å². The quantitative estimate of drug-likeness (QED) is 0.305. The second-order valence-corrected chi connectivity index (χ2v) is 10.3. The Morgan fingerprint density at radius 2 is 1.92 bits per heavy atom. The Bertz CT molecular complexity index is 1600. The molecule has 3 N–H and O–H groups in total. The lowest BCUT2D eigenvalue weighted by Crippen LogP contribution is -2.47. The summed E-state index contributed by atoms with van der Waals surface area (Å²) in [7, 11) is 0. The predicted octanol–water partition coefficient (Wildman–Crippen LogP) is 2.43. The Morgan fingerprint density at radius 3 is 2.64 bits per heavy atom. The Labute approximate surface area is 223 Å². The number of aromatic nitrogens is 6. The van der Waals surface area contributed by atoms with Crippen molar-refractivity contribution in [3.05, 3.63) is 48.7 Å². The van der Waals surface area contributed by atoms with Crippen LogP contribution in [0, 0.1) is 5.82 Å². The minimum atomic E-state index is -0.982. The lowest BCUT2D eigenvalue weighted by atomic mass is 10.1. The van der Waals surface area contributed by atoms with Gasteiger partial charge in [-0.1, -0.05) is 0 Å². The van der Waals surface area contributed by atoms with E-state index in [1.54, 1.807) is 50.7 Å². The molecule has 13 heteroatoms. The van der Waals surface area contributed by atoms with Gasteiger partial charge in [-0.05, 0) is 38.1 Å². The molecule has 1 aliphatic rings. The van der Waals surface area contributed by atoms with Gasteiger partial charge in [0.25, 0.3) is 0 Å². The van der Waals surface area contributed by atoms with Gasteiger partial charge in [-0.3, -0.25) is 4.90 Å². The van der Waals surface area contributed by atoms with Crippen LogP contribution in [-0.2, 0) is 6.54 Å². The minimum Gasteiger partial charge on any atom is -0.491 e. The van der Waals surface area contributed by atoms with Crippen molar-refractivity contribution in [2.24, 2.45) is 0 Å². The minimum absolute atomic E-state index is 0.0919. The fourth-order valence-corrected chi connectivity index (χ4v) is 4.66. The van der Waals surface area contributed by atoms with Crippen molar-refractivity contribution in [2.45, 2.75) is 26.0 Å². The summed E-state index contributed by atoms with van der Waals surface area (Å²) in [5.74, 6) is 1.25. The van der Waals surface area contributed by atoms with Crippen LogP contribution >= 0.6 is 0 Å². The number of furan rings is 1. The third kappa shape index (κ3) is 5.10. The largest absolute Gasteiger partial charge is 0.491 e. The molecule has 0 atom stereocenters. The fraction of sp³-hybridized carbons (Fsp3) is 0.385. The number of ether oxygens (including phenoxy) is 1. The summed E-state index contributed by atoms with van der Waals surface area (Å²) in [4.78, 5) is 18.0. The Kier molecular flexibility index (Phi) is 6.31. The molecule has 12 nitrogen and oxygen atoms in total. The molecule has 0 spiro atoms. The van der Waals surface area contributed by atoms with Gasteiger partial charge in [0, 0.05) is 45.3 Å². The van der Waals surface area contributed by atoms with E-state index in [0.29, 0.717) is 59.5 Å². The first kappa shape index (κ1) is 25.1. The molecule has 0 unspecified atom stereocenters. The number of hydrogen-bond acceptors (Lipinski definition) is 10. The van der Waals surface area contributed by atoms with Gasteiger partial charge in [-0.15, -0.1) is 5.10 Å². The normalized spacial score (nSPS) is 15.0. The van der Waals surface area contributed by atoms with E-state index in [2.05, 4.69) is 25.0 Å². The Hall–Kier alpha value is -4.23. The van der Waals surface area contributed by atoms with Crippen molar-refractivity contribution in [1.29, 1.82) is 0 Å². The number of halogens is 1. The molecule has 1 fully saturated rings. The molecule has 5 aromatic rings. The summed E-state index contributed by atoms with van der Waals surface area (Å²) in [5.41, 5.74) is 7.55. The summed E-state index contributed by atoms with van der Waals surface area (Å²) in [6.07, 6.45) is 3.31. The highest BCUT2D eigenvalue weighted by Gasteiger charge is 2.22. The molecule has 0 aliphatic carbocycles. The molecule has 1 aliphatic heterocycles. The number of nitrogen functional groups attached to an aromatic ring is 1. The number of piperazine rings is 1. The summed E-state index contributed by atoms with van der Waals surface area (Å²) < 4.78 is 29.2. The first-order chi connectivity index (χ1) is 18.7. The number of anilines is 2. The Balaban J connectivity index is 1.09. The molecule has 0 saturated carbocycles. The molecular weight excluding hydrogens is 505 g/mol. The van der Waals surface area contributed by atoms with Crippen molar-refractivity contribution >= 4 is 28.4 Å². The van der Waals surface area contributed by atoms with Gasteiger partial charge < -0.3 is 29.5 Å². The smallest absolute Gasteiger partial charge is 0.225 e. The lowest BCUT2D eigenvalue weighted by molar-refractivity contribution is 0.0284. The van der Waals surface area contributed by atoms with Crippen molar-refractivity contribution in [3.63, 3.8) is 0 Å². The second-order valence-electron chi connectivity index (χ2n) is 10.3. The van der Waals surface area contributed by atoms with Crippen LogP contribution in [0.1, 0.15) is 13.8 Å². The topological polar surface area (TPSA) is 136 Å². The van der Waals surface area contributed by atoms with E-state index in [1.807, 2.05) is 9.47 Å². The Morgan fingerprint density at radius 1 is 1.10 bits per heavy atom. The van der Waals surface area contributed by atoms with E-state index in [4.69, 9.17) is 14.9 Å². The van der Waals surface area contributed by atoms with Crippen LogP contribution in [0.25, 0.3) is 28.4 Å². The highest BCUT2D eigenvalue weighted by molar-refractivity contribution is 5.87. The van der Waals surface area contributed by atoms with Crippen LogP contribution in [0.3, 0.4) is 0 Å². The number of aliphatic hydroxyl groups is 1. The summed E-state index contributed by atoms with van der Waals surface area (Å²) in [6.45, 7) is 7.81. The van der Waals surface area contributed by atoms with Crippen LogP contribution in [0.5, 0.6) is 5.75 Å². The first-order valence-electron chi connectivity index (χ1n) is 12.8. The van der Waals surface area contributed by atoms with E-state index in [-0.39, 0.29) is 18.4 Å². The van der Waals surface area contributed by atoms with Gasteiger partial charge >= 0.3 is 0 Å². The van der Waals surface area contributed by atoms with Crippen LogP contribution in [0.2, 0.25) is 0 Å². The molecule has 0 bridgehead atoms. The number of nitrogens with zero attached hydrogens (tertiary/aromatic N) is 8. The maximum absolute atomic E-state index is 14.8. The van der Waals surface area contributed by atoms with Gasteiger partial charge in [0.15, 0.2) is 22.6 Å². The third-order valence-electron chi connectivity index (χ3n) is 6.69. The molecule has 1 aromatic carbocycles. The standard InChI is InChI=1S/C26H30FN9O3/c1-26(2,37)15-39-17-5-6-19(18(27)14-17)34-10-7-33(8-11-34)9-12-35-16-29-21-23(35)31-25(28)36-24(21)30-22(32-36)20-4-3-13-38-20/h3-6,13-14,16,37H,7-12,15H2,1-2H3,(H2,28,31). The molecular formula is C26H30FN9O3. The monoisotopic (exact) mass is 535 g/mol. The molecule has 1 saturated heterocycles. The zero-order chi connectivity index (χ0) is 27.1. The number of rotatable bonds is 8. The highest BCUT2D eigenvalue weighted by Crippen LogP contribution is 2.26. The van der Waals surface area contributed by atoms with Crippen molar-refractivity contribution < 1.29 is 18.7 Å². The fourth-order valence-electron chi connectivity index (χ4n) is 4.66. The summed E-state index contributed by atoms with van der Waals surface area (Å²) >= 11 is 0. The lowest BCUT2D eigenvalue weighted by Gasteiger charge is -2.36. The predicted molar refractivity (Wildman–Crippen MR) is 143 cm³/mol. The van der Waals surface area contributed by atoms with Crippen molar-refractivity contribution in [3.8, 4) is 17.3 Å². The van der Waals surface area contributed by atoms with E-state index in [9.17, 15) is 9.50 Å². The second kappa shape index (κ2) is 9.82. The molecule has 0 radical (unpaired) electrons. The highest BCUT2D eigenvalue weighted by atomic mass is 19.1. The van der Waals surface area contributed by atoms with Gasteiger partial charge in [-0.2, -0.15) is 9.50 Å². The maximum atomic E-state index is 14.8. The first-order valence-corrected chi connectivity index (χ1v) is 12.8. The zero-order valence-corrected chi connectivity index (χ0v) is 21.8. The molecule has 0 amide bonds. The van der Waals surface area contributed by atoms with Gasteiger partial charge in [-0.25, -0.2) is 14.4 Å². The number of nitrogens with two attached hydrogens (primary N) is 1. The van der Waals surface area contributed by atoms with Crippen LogP contribution in [0.4, 0.5) is 16.0 Å². The average Bonchev–Trinajstić information content (AvgIpc) is 3.66. The molecule has 4 aromatic heterocycles. The maximum Gasteiger partial charge on any atom is 0.225 e. The van der Waals surface area contributed by atoms with Gasteiger partial charge in [0.2, 0.25) is 11.8 Å².